The Labute approximate surface area is 112 Å². The maximum absolute atomic E-state index is 11.5. The molecule has 0 saturated carbocycles. The minimum Gasteiger partial charge on any atom is -0.481 e. The lowest BCUT2D eigenvalue weighted by atomic mass is 10.1. The van der Waals surface area contributed by atoms with E-state index in [1.165, 1.54) is 0 Å². The second kappa shape index (κ2) is 8.47. The molecule has 1 amide bonds. The lowest BCUT2D eigenvalue weighted by Gasteiger charge is -2.17. The van der Waals surface area contributed by atoms with Gasteiger partial charge in [0.05, 0.1) is 18.5 Å². The number of amides is 1. The molecule has 110 valence electrons. The van der Waals surface area contributed by atoms with E-state index in [1.807, 2.05) is 13.8 Å². The van der Waals surface area contributed by atoms with Gasteiger partial charge >= 0.3 is 11.9 Å². The largest absolute Gasteiger partial charge is 0.481 e. The van der Waals surface area contributed by atoms with E-state index in [4.69, 9.17) is 15.6 Å². The molecule has 0 saturated heterocycles. The summed E-state index contributed by atoms with van der Waals surface area (Å²) < 4.78 is 4.97. The van der Waals surface area contributed by atoms with E-state index in [2.05, 4.69) is 5.32 Å². The van der Waals surface area contributed by atoms with Crippen LogP contribution in [0.3, 0.4) is 0 Å². The molecular weight excluding hydrogens is 252 g/mol. The maximum atomic E-state index is 11.5. The van der Waals surface area contributed by atoms with Crippen LogP contribution in [0.1, 0.15) is 33.6 Å². The van der Waals surface area contributed by atoms with Gasteiger partial charge in [-0.15, -0.1) is 0 Å². The Morgan fingerprint density at radius 3 is 2.26 bits per heavy atom. The maximum Gasteiger partial charge on any atom is 0.306 e. The molecule has 0 aliphatic heterocycles. The molecule has 0 bridgehead atoms. The molecule has 7 nitrogen and oxygen atoms in total. The Bertz CT molecular complexity index is 330. The van der Waals surface area contributed by atoms with Crippen LogP contribution >= 0.6 is 0 Å². The predicted molar refractivity (Wildman–Crippen MR) is 68.2 cm³/mol. The van der Waals surface area contributed by atoms with E-state index in [-0.39, 0.29) is 18.5 Å². The minimum absolute atomic E-state index is 0.0388. The van der Waals surface area contributed by atoms with Gasteiger partial charge in [-0.25, -0.2) is 0 Å². The number of nitrogens with two attached hydrogens (primary N) is 1. The monoisotopic (exact) mass is 274 g/mol. The molecule has 19 heavy (non-hydrogen) atoms. The van der Waals surface area contributed by atoms with Crippen molar-refractivity contribution < 1.29 is 24.2 Å². The molecule has 0 fully saturated rings. The zero-order chi connectivity index (χ0) is 15.0. The van der Waals surface area contributed by atoms with Gasteiger partial charge in [-0.3, -0.25) is 14.4 Å². The summed E-state index contributed by atoms with van der Waals surface area (Å²) in [7, 11) is 0. The molecule has 0 aromatic heterocycles. The number of hydrogen-bond donors (Lipinski definition) is 3. The fraction of sp³-hybridized carbons (Fsp3) is 0.750. The summed E-state index contributed by atoms with van der Waals surface area (Å²) >= 11 is 0. The summed E-state index contributed by atoms with van der Waals surface area (Å²) in [6.07, 6.45) is -0.120. The molecule has 2 atom stereocenters. The van der Waals surface area contributed by atoms with Gasteiger partial charge in [0.2, 0.25) is 5.91 Å². The second-order valence-corrected chi connectivity index (χ2v) is 4.89. The van der Waals surface area contributed by atoms with Gasteiger partial charge in [0.1, 0.15) is 6.61 Å². The van der Waals surface area contributed by atoms with Crippen molar-refractivity contribution in [3.8, 4) is 0 Å². The van der Waals surface area contributed by atoms with Crippen LogP contribution in [0.25, 0.3) is 0 Å². The molecule has 0 spiro atoms. The molecule has 2 unspecified atom stereocenters. The van der Waals surface area contributed by atoms with Crippen molar-refractivity contribution >= 4 is 17.8 Å². The molecule has 4 N–H and O–H groups in total. The second-order valence-electron chi connectivity index (χ2n) is 4.89. The van der Waals surface area contributed by atoms with Gasteiger partial charge in [-0.1, -0.05) is 13.8 Å². The number of carbonyl (C=O) groups is 3. The number of aliphatic carboxylic acids is 1. The highest BCUT2D eigenvalue weighted by atomic mass is 16.5. The zero-order valence-electron chi connectivity index (χ0n) is 11.5. The third kappa shape index (κ3) is 9.01. The van der Waals surface area contributed by atoms with E-state index >= 15 is 0 Å². The van der Waals surface area contributed by atoms with E-state index in [0.717, 1.165) is 0 Å². The van der Waals surface area contributed by atoms with E-state index < -0.39 is 30.4 Å². The van der Waals surface area contributed by atoms with Gasteiger partial charge in [0, 0.05) is 6.42 Å². The summed E-state index contributed by atoms with van der Waals surface area (Å²) in [6.45, 7) is 5.49. The van der Waals surface area contributed by atoms with Crippen molar-refractivity contribution in [1.82, 2.24) is 5.32 Å². The Hall–Kier alpha value is -1.63. The topological polar surface area (TPSA) is 119 Å². The number of hydrogen-bond acceptors (Lipinski definition) is 5. The number of esters is 1. The molecule has 7 heteroatoms. The fourth-order valence-electron chi connectivity index (χ4n) is 1.28. The summed E-state index contributed by atoms with van der Waals surface area (Å²) in [5.41, 5.74) is 5.39. The number of carboxylic acid groups (broad SMARTS) is 1. The van der Waals surface area contributed by atoms with Crippen LogP contribution in [0, 0.1) is 5.92 Å². The summed E-state index contributed by atoms with van der Waals surface area (Å²) in [5, 5.41) is 11.0. The van der Waals surface area contributed by atoms with Gasteiger partial charge in [-0.05, 0) is 12.8 Å². The molecule has 0 rings (SSSR count). The summed E-state index contributed by atoms with van der Waals surface area (Å²) in [4.78, 5) is 33.1. The molecule has 0 aliphatic carbocycles. The first-order valence-corrected chi connectivity index (χ1v) is 6.15. The zero-order valence-corrected chi connectivity index (χ0v) is 11.5. The first kappa shape index (κ1) is 17.4. The first-order valence-electron chi connectivity index (χ1n) is 6.15. The van der Waals surface area contributed by atoms with Gasteiger partial charge in [-0.2, -0.15) is 0 Å². The fourth-order valence-corrected chi connectivity index (χ4v) is 1.28. The van der Waals surface area contributed by atoms with E-state index in [0.29, 0.717) is 6.42 Å². The quantitative estimate of drug-likeness (QED) is 0.531. The Balaban J connectivity index is 3.97. The van der Waals surface area contributed by atoms with Crippen molar-refractivity contribution in [2.24, 2.45) is 11.7 Å². The third-order valence-electron chi connectivity index (χ3n) is 2.19. The van der Waals surface area contributed by atoms with Gasteiger partial charge < -0.3 is 20.9 Å². The van der Waals surface area contributed by atoms with Crippen molar-refractivity contribution in [3.05, 3.63) is 0 Å². The number of carbonyl (C=O) groups excluding carboxylic acids is 2. The highest BCUT2D eigenvalue weighted by Gasteiger charge is 2.19. The first-order chi connectivity index (χ1) is 8.72. The Morgan fingerprint density at radius 2 is 1.79 bits per heavy atom. The summed E-state index contributed by atoms with van der Waals surface area (Å²) in [5.74, 6) is -1.83. The highest BCUT2D eigenvalue weighted by molar-refractivity contribution is 5.86. The third-order valence-corrected chi connectivity index (χ3v) is 2.19. The van der Waals surface area contributed by atoms with Crippen LogP contribution in [0.2, 0.25) is 0 Å². The standard InChI is InChI=1S/C12H22N2O5/c1-7(2)4-11(17)19-6-8(3)14-12(18)9(13)5-10(15)16/h7-9H,4-6,13H2,1-3H3,(H,14,18)(H,15,16). The lowest BCUT2D eigenvalue weighted by molar-refractivity contribution is -0.145. The molecule has 0 aliphatic rings. The highest BCUT2D eigenvalue weighted by Crippen LogP contribution is 2.01. The van der Waals surface area contributed by atoms with Crippen LogP contribution in [-0.4, -0.2) is 41.6 Å². The van der Waals surface area contributed by atoms with Crippen LogP contribution < -0.4 is 11.1 Å². The van der Waals surface area contributed by atoms with Crippen LogP contribution in [0.5, 0.6) is 0 Å². The van der Waals surface area contributed by atoms with Crippen LogP contribution in [-0.2, 0) is 19.1 Å². The molecule has 0 radical (unpaired) electrons. The number of carboxylic acids is 1. The minimum atomic E-state index is -1.14. The predicted octanol–water partition coefficient (Wildman–Crippen LogP) is -0.118. The van der Waals surface area contributed by atoms with Gasteiger partial charge in [0.15, 0.2) is 0 Å². The average Bonchev–Trinajstić information content (AvgIpc) is 2.24. The molecule has 0 aromatic carbocycles. The number of nitrogens with one attached hydrogen (secondary N) is 1. The Morgan fingerprint density at radius 1 is 1.21 bits per heavy atom. The normalized spacial score (nSPS) is 13.7. The van der Waals surface area contributed by atoms with Crippen LogP contribution in [0.15, 0.2) is 0 Å². The number of rotatable bonds is 8. The van der Waals surface area contributed by atoms with E-state index in [1.54, 1.807) is 6.92 Å². The van der Waals surface area contributed by atoms with Crippen molar-refractivity contribution in [1.29, 1.82) is 0 Å². The lowest BCUT2D eigenvalue weighted by Crippen LogP contribution is -2.46. The SMILES string of the molecule is CC(C)CC(=O)OCC(C)NC(=O)C(N)CC(=O)O. The Kier molecular flexibility index (Phi) is 7.74. The average molecular weight is 274 g/mol. The number of ether oxygens (including phenoxy) is 1. The summed E-state index contributed by atoms with van der Waals surface area (Å²) in [6, 6.07) is -1.52. The van der Waals surface area contributed by atoms with Crippen molar-refractivity contribution in [3.63, 3.8) is 0 Å². The van der Waals surface area contributed by atoms with Crippen LogP contribution in [0.4, 0.5) is 0 Å². The molecular formula is C12H22N2O5. The van der Waals surface area contributed by atoms with Crippen molar-refractivity contribution in [2.45, 2.75) is 45.7 Å². The smallest absolute Gasteiger partial charge is 0.306 e. The molecule has 0 heterocycles. The van der Waals surface area contributed by atoms with E-state index in [9.17, 15) is 14.4 Å². The van der Waals surface area contributed by atoms with Gasteiger partial charge in [0.25, 0.3) is 0 Å². The van der Waals surface area contributed by atoms with Crippen molar-refractivity contribution in [2.75, 3.05) is 6.61 Å². The molecule has 0 aromatic rings.